The molecule has 21 heavy (non-hydrogen) atoms. The van der Waals surface area contributed by atoms with Gasteiger partial charge in [-0.3, -0.25) is 0 Å². The Morgan fingerprint density at radius 2 is 2.00 bits per heavy atom. The van der Waals surface area contributed by atoms with Gasteiger partial charge in [0.2, 0.25) is 0 Å². The number of ether oxygens (including phenoxy) is 1. The number of rotatable bonds is 4. The van der Waals surface area contributed by atoms with Crippen molar-refractivity contribution < 1.29 is 4.74 Å². The maximum Gasteiger partial charge on any atom is 0.140 e. The third kappa shape index (κ3) is 2.89. The first-order valence-electron chi connectivity index (χ1n) is 6.76. The van der Waals surface area contributed by atoms with Gasteiger partial charge < -0.3 is 15.0 Å². The smallest absolute Gasteiger partial charge is 0.140 e. The largest absolute Gasteiger partial charge is 0.497 e. The fourth-order valence-corrected chi connectivity index (χ4v) is 2.34. The van der Waals surface area contributed by atoms with Gasteiger partial charge >= 0.3 is 0 Å². The Labute approximate surface area is 123 Å². The summed E-state index contributed by atoms with van der Waals surface area (Å²) in [6.45, 7) is 0.737. The van der Waals surface area contributed by atoms with Crippen molar-refractivity contribution >= 4 is 5.69 Å². The van der Waals surface area contributed by atoms with Crippen molar-refractivity contribution in [3.8, 4) is 17.1 Å². The molecule has 3 rings (SSSR count). The van der Waals surface area contributed by atoms with Gasteiger partial charge in [0.15, 0.2) is 0 Å². The van der Waals surface area contributed by atoms with E-state index in [4.69, 9.17) is 10.5 Å². The zero-order valence-corrected chi connectivity index (χ0v) is 11.9. The van der Waals surface area contributed by atoms with E-state index in [2.05, 4.69) is 15.6 Å². The maximum atomic E-state index is 5.85. The summed E-state index contributed by atoms with van der Waals surface area (Å²) < 4.78 is 7.36. The van der Waals surface area contributed by atoms with Crippen LogP contribution in [0.25, 0.3) is 11.4 Å². The first-order valence-corrected chi connectivity index (χ1v) is 6.76. The molecule has 0 aliphatic rings. The molecule has 1 aromatic heterocycles. The third-order valence-electron chi connectivity index (χ3n) is 3.35. The minimum Gasteiger partial charge on any atom is -0.497 e. The van der Waals surface area contributed by atoms with E-state index in [1.54, 1.807) is 13.3 Å². The van der Waals surface area contributed by atoms with Crippen LogP contribution in [0.4, 0.5) is 5.69 Å². The van der Waals surface area contributed by atoms with Crippen LogP contribution in [0.2, 0.25) is 0 Å². The summed E-state index contributed by atoms with van der Waals surface area (Å²) in [6.07, 6.45) is 3.77. The minimum absolute atomic E-state index is 0.737. The van der Waals surface area contributed by atoms with Gasteiger partial charge in [-0.15, -0.1) is 0 Å². The third-order valence-corrected chi connectivity index (χ3v) is 3.35. The molecule has 4 nitrogen and oxygen atoms in total. The van der Waals surface area contributed by atoms with Crippen LogP contribution in [0.3, 0.4) is 0 Å². The first kappa shape index (κ1) is 13.2. The van der Waals surface area contributed by atoms with E-state index < -0.39 is 0 Å². The number of nitrogens with zero attached hydrogens (tertiary/aromatic N) is 2. The summed E-state index contributed by atoms with van der Waals surface area (Å²) in [5.41, 5.74) is 8.77. The lowest BCUT2D eigenvalue weighted by atomic mass is 10.1. The zero-order chi connectivity index (χ0) is 14.7. The van der Waals surface area contributed by atoms with Crippen molar-refractivity contribution in [3.63, 3.8) is 0 Å². The predicted octanol–water partition coefficient (Wildman–Crippen LogP) is 3.19. The lowest BCUT2D eigenvalue weighted by molar-refractivity contribution is 0.414. The van der Waals surface area contributed by atoms with Crippen LogP contribution in [-0.4, -0.2) is 16.7 Å². The second-order valence-electron chi connectivity index (χ2n) is 4.86. The van der Waals surface area contributed by atoms with E-state index >= 15 is 0 Å². The molecule has 1 heterocycles. The fourth-order valence-electron chi connectivity index (χ4n) is 2.34. The SMILES string of the molecule is COc1cccc(Cn2ccnc2-c2cccc(N)c2)c1. The Morgan fingerprint density at radius 1 is 1.14 bits per heavy atom. The number of benzene rings is 2. The normalized spacial score (nSPS) is 10.5. The van der Waals surface area contributed by atoms with Crippen molar-refractivity contribution in [2.45, 2.75) is 6.54 Å². The summed E-state index contributed by atoms with van der Waals surface area (Å²) in [6, 6.07) is 15.8. The highest BCUT2D eigenvalue weighted by Gasteiger charge is 2.07. The standard InChI is InChI=1S/C17H17N3O/c1-21-16-7-2-4-13(10-16)12-20-9-8-19-17(20)14-5-3-6-15(18)11-14/h2-11H,12,18H2,1H3. The molecule has 2 aromatic carbocycles. The summed E-state index contributed by atoms with van der Waals surface area (Å²) in [4.78, 5) is 4.44. The molecule has 3 aromatic rings. The highest BCUT2D eigenvalue weighted by atomic mass is 16.5. The molecule has 0 saturated carbocycles. The Balaban J connectivity index is 1.92. The van der Waals surface area contributed by atoms with Crippen molar-refractivity contribution in [1.82, 2.24) is 9.55 Å². The van der Waals surface area contributed by atoms with Crippen LogP contribution >= 0.6 is 0 Å². The first-order chi connectivity index (χ1) is 10.3. The van der Waals surface area contributed by atoms with Crippen LogP contribution in [0.15, 0.2) is 60.9 Å². The van der Waals surface area contributed by atoms with Crippen LogP contribution in [0.1, 0.15) is 5.56 Å². The molecule has 0 radical (unpaired) electrons. The lowest BCUT2D eigenvalue weighted by Gasteiger charge is -2.09. The Kier molecular flexibility index (Phi) is 3.60. The summed E-state index contributed by atoms with van der Waals surface area (Å²) >= 11 is 0. The lowest BCUT2D eigenvalue weighted by Crippen LogP contribution is -2.01. The Morgan fingerprint density at radius 3 is 2.81 bits per heavy atom. The van der Waals surface area contributed by atoms with Gasteiger partial charge in [-0.25, -0.2) is 4.98 Å². The molecule has 4 heteroatoms. The van der Waals surface area contributed by atoms with Crippen molar-refractivity contribution in [2.75, 3.05) is 12.8 Å². The average Bonchev–Trinajstić information content (AvgIpc) is 2.95. The maximum absolute atomic E-state index is 5.85. The van der Waals surface area contributed by atoms with Gasteiger partial charge in [0.25, 0.3) is 0 Å². The van der Waals surface area contributed by atoms with E-state index in [-0.39, 0.29) is 0 Å². The van der Waals surface area contributed by atoms with Gasteiger partial charge in [0, 0.05) is 30.2 Å². The van der Waals surface area contributed by atoms with E-state index in [0.717, 1.165) is 34.9 Å². The average molecular weight is 279 g/mol. The van der Waals surface area contributed by atoms with E-state index in [0.29, 0.717) is 0 Å². The summed E-state index contributed by atoms with van der Waals surface area (Å²) in [5.74, 6) is 1.77. The second-order valence-corrected chi connectivity index (χ2v) is 4.86. The van der Waals surface area contributed by atoms with Crippen LogP contribution in [0, 0.1) is 0 Å². The topological polar surface area (TPSA) is 53.1 Å². The molecule has 0 aliphatic carbocycles. The molecule has 0 spiro atoms. The van der Waals surface area contributed by atoms with Crippen molar-refractivity contribution in [1.29, 1.82) is 0 Å². The van der Waals surface area contributed by atoms with Gasteiger partial charge in [0.1, 0.15) is 11.6 Å². The number of methoxy groups -OCH3 is 1. The number of hydrogen-bond acceptors (Lipinski definition) is 3. The van der Waals surface area contributed by atoms with E-state index in [1.807, 2.05) is 48.7 Å². The second kappa shape index (κ2) is 5.71. The molecular formula is C17H17N3O. The predicted molar refractivity (Wildman–Crippen MR) is 84.2 cm³/mol. The number of nitrogens with two attached hydrogens (primary N) is 1. The number of nitrogen functional groups attached to an aromatic ring is 1. The van der Waals surface area contributed by atoms with Crippen LogP contribution in [-0.2, 0) is 6.54 Å². The number of hydrogen-bond donors (Lipinski definition) is 1. The number of imidazole rings is 1. The highest BCUT2D eigenvalue weighted by Crippen LogP contribution is 2.21. The molecule has 0 aliphatic heterocycles. The van der Waals surface area contributed by atoms with Crippen molar-refractivity contribution in [3.05, 3.63) is 66.5 Å². The van der Waals surface area contributed by atoms with E-state index in [1.165, 1.54) is 0 Å². The van der Waals surface area contributed by atoms with Gasteiger partial charge in [-0.05, 0) is 29.8 Å². The monoisotopic (exact) mass is 279 g/mol. The molecule has 0 atom stereocenters. The Hall–Kier alpha value is -2.75. The number of anilines is 1. The molecule has 0 amide bonds. The molecule has 0 fully saturated rings. The number of aromatic nitrogens is 2. The van der Waals surface area contributed by atoms with Crippen molar-refractivity contribution in [2.24, 2.45) is 0 Å². The Bertz CT molecular complexity index is 749. The molecule has 106 valence electrons. The quantitative estimate of drug-likeness (QED) is 0.746. The van der Waals surface area contributed by atoms with Gasteiger partial charge in [-0.1, -0.05) is 24.3 Å². The van der Waals surface area contributed by atoms with Gasteiger partial charge in [0.05, 0.1) is 7.11 Å². The molecular weight excluding hydrogens is 262 g/mol. The zero-order valence-electron chi connectivity index (χ0n) is 11.9. The highest BCUT2D eigenvalue weighted by molar-refractivity contribution is 5.61. The van der Waals surface area contributed by atoms with E-state index in [9.17, 15) is 0 Å². The van der Waals surface area contributed by atoms with Crippen LogP contribution in [0.5, 0.6) is 5.75 Å². The molecule has 2 N–H and O–H groups in total. The fraction of sp³-hybridized carbons (Fsp3) is 0.118. The summed E-state index contributed by atoms with van der Waals surface area (Å²) in [5, 5.41) is 0. The van der Waals surface area contributed by atoms with Gasteiger partial charge in [-0.2, -0.15) is 0 Å². The summed E-state index contributed by atoms with van der Waals surface area (Å²) in [7, 11) is 1.68. The molecule has 0 unspecified atom stereocenters. The van der Waals surface area contributed by atoms with Crippen LogP contribution < -0.4 is 10.5 Å². The minimum atomic E-state index is 0.737. The molecule has 0 saturated heterocycles. The molecule has 0 bridgehead atoms.